The second-order valence-electron chi connectivity index (χ2n) is 5.06. The molecule has 0 amide bonds. The summed E-state index contributed by atoms with van der Waals surface area (Å²) in [7, 11) is 0. The first-order valence-corrected chi connectivity index (χ1v) is 5.99. The van der Waals surface area contributed by atoms with Crippen molar-refractivity contribution in [3.8, 4) is 0 Å². The van der Waals surface area contributed by atoms with E-state index in [-0.39, 0.29) is 6.42 Å². The lowest BCUT2D eigenvalue weighted by Crippen LogP contribution is -2.49. The lowest BCUT2D eigenvalue weighted by atomic mass is 9.83. The van der Waals surface area contributed by atoms with E-state index in [1.807, 2.05) is 0 Å². The van der Waals surface area contributed by atoms with Crippen LogP contribution in [0.25, 0.3) is 0 Å². The van der Waals surface area contributed by atoms with Gasteiger partial charge in [0.25, 0.3) is 6.04 Å². The van der Waals surface area contributed by atoms with Crippen LogP contribution in [-0.2, 0) is 4.79 Å². The molecule has 0 aromatic carbocycles. The van der Waals surface area contributed by atoms with Crippen LogP contribution in [0.4, 0.5) is 0 Å². The number of ketones is 1. The topological polar surface area (TPSA) is 93.6 Å². The second kappa shape index (κ2) is 3.65. The van der Waals surface area contributed by atoms with E-state index in [1.165, 1.54) is 6.26 Å². The maximum atomic E-state index is 12.1. The Morgan fingerprint density at radius 3 is 2.94 bits per heavy atom. The maximum Gasteiger partial charge on any atom is 0.258 e. The largest absolute Gasteiger partial charge is 0.469 e. The van der Waals surface area contributed by atoms with Crippen molar-refractivity contribution in [2.45, 2.75) is 36.8 Å². The molecule has 3 rings (SSSR count). The fourth-order valence-corrected chi connectivity index (χ4v) is 3.46. The van der Waals surface area contributed by atoms with E-state index in [1.54, 1.807) is 12.1 Å². The Kier molecular flexibility index (Phi) is 2.31. The van der Waals surface area contributed by atoms with Gasteiger partial charge in [0.1, 0.15) is 5.76 Å². The molecule has 18 heavy (non-hydrogen) atoms. The summed E-state index contributed by atoms with van der Waals surface area (Å²) in [5, 5.41) is 21.6. The van der Waals surface area contributed by atoms with Gasteiger partial charge in [0.05, 0.1) is 12.2 Å². The highest BCUT2D eigenvalue weighted by molar-refractivity contribution is 5.94. The lowest BCUT2D eigenvalue weighted by Gasteiger charge is -2.25. The van der Waals surface area contributed by atoms with Crippen LogP contribution in [0.5, 0.6) is 0 Å². The van der Waals surface area contributed by atoms with Gasteiger partial charge in [0.2, 0.25) is 0 Å². The molecule has 0 saturated heterocycles. The quantitative estimate of drug-likeness (QED) is 0.628. The van der Waals surface area contributed by atoms with E-state index >= 15 is 0 Å². The van der Waals surface area contributed by atoms with Crippen LogP contribution in [0.15, 0.2) is 22.8 Å². The van der Waals surface area contributed by atoms with Crippen LogP contribution >= 0.6 is 0 Å². The molecule has 0 unspecified atom stereocenters. The first-order valence-electron chi connectivity index (χ1n) is 5.99. The second-order valence-corrected chi connectivity index (χ2v) is 5.06. The van der Waals surface area contributed by atoms with E-state index in [0.717, 1.165) is 0 Å². The van der Waals surface area contributed by atoms with Gasteiger partial charge in [-0.05, 0) is 31.4 Å². The highest BCUT2D eigenvalue weighted by atomic mass is 16.6. The molecule has 2 aliphatic rings. The van der Waals surface area contributed by atoms with Gasteiger partial charge in [0.15, 0.2) is 11.4 Å². The van der Waals surface area contributed by atoms with E-state index in [2.05, 4.69) is 0 Å². The molecule has 2 aliphatic carbocycles. The fraction of sp³-hybridized carbons (Fsp3) is 0.583. The lowest BCUT2D eigenvalue weighted by molar-refractivity contribution is -0.542. The third-order valence-corrected chi connectivity index (χ3v) is 4.20. The number of nitrogens with zero attached hydrogens (tertiary/aromatic N) is 1. The molecule has 1 heterocycles. The van der Waals surface area contributed by atoms with Crippen LogP contribution in [0.3, 0.4) is 0 Å². The van der Waals surface area contributed by atoms with Gasteiger partial charge < -0.3 is 9.52 Å². The molecule has 6 nitrogen and oxygen atoms in total. The monoisotopic (exact) mass is 251 g/mol. The number of hydrogen-bond acceptors (Lipinski definition) is 5. The number of Topliss-reactive ketones (excluding diaryl/α,β-unsaturated/α-hetero) is 1. The number of carbonyl (C=O) groups is 1. The number of aliphatic hydroxyl groups is 1. The van der Waals surface area contributed by atoms with Crippen molar-refractivity contribution in [2.75, 3.05) is 0 Å². The molecule has 1 N–H and O–H groups in total. The highest BCUT2D eigenvalue weighted by Crippen LogP contribution is 2.51. The summed E-state index contributed by atoms with van der Waals surface area (Å²) in [4.78, 5) is 22.9. The van der Waals surface area contributed by atoms with Gasteiger partial charge in [-0.25, -0.2) is 0 Å². The summed E-state index contributed by atoms with van der Waals surface area (Å²) in [5.41, 5.74) is -1.82. The predicted octanol–water partition coefficient (Wildman–Crippen LogP) is 1.12. The SMILES string of the molecule is O=C1[C@H]2CCC[C@]1(O)[C@@H]([N+](=O)[O-])[C@H]2c1ccco1. The van der Waals surface area contributed by atoms with E-state index in [0.29, 0.717) is 18.6 Å². The number of fused-ring (bicyclic) bond motifs is 2. The van der Waals surface area contributed by atoms with Crippen molar-refractivity contribution in [3.05, 3.63) is 34.3 Å². The zero-order chi connectivity index (χ0) is 12.9. The summed E-state index contributed by atoms with van der Waals surface area (Å²) in [5.74, 6) is -1.11. The molecule has 0 spiro atoms. The molecule has 1 aromatic rings. The minimum absolute atomic E-state index is 0.172. The fourth-order valence-electron chi connectivity index (χ4n) is 3.46. The van der Waals surface area contributed by atoms with E-state index in [4.69, 9.17) is 4.42 Å². The minimum Gasteiger partial charge on any atom is -0.469 e. The normalized spacial score (nSPS) is 38.9. The molecule has 4 atom stereocenters. The third-order valence-electron chi connectivity index (χ3n) is 4.20. The summed E-state index contributed by atoms with van der Waals surface area (Å²) in [6.07, 6.45) is 2.82. The summed E-state index contributed by atoms with van der Waals surface area (Å²) in [6, 6.07) is 1.99. The van der Waals surface area contributed by atoms with Crippen molar-refractivity contribution >= 4 is 5.78 Å². The number of rotatable bonds is 2. The summed E-state index contributed by atoms with van der Waals surface area (Å²) >= 11 is 0. The summed E-state index contributed by atoms with van der Waals surface area (Å²) < 4.78 is 5.23. The molecule has 2 bridgehead atoms. The van der Waals surface area contributed by atoms with Crippen LogP contribution in [-0.4, -0.2) is 27.5 Å². The first-order chi connectivity index (χ1) is 8.55. The molecular formula is C12H13NO5. The molecule has 2 saturated carbocycles. The molecule has 2 fully saturated rings. The van der Waals surface area contributed by atoms with Gasteiger partial charge in [-0.3, -0.25) is 14.9 Å². The van der Waals surface area contributed by atoms with Gasteiger partial charge in [0, 0.05) is 10.8 Å². The van der Waals surface area contributed by atoms with Gasteiger partial charge in [-0.15, -0.1) is 0 Å². The maximum absolute atomic E-state index is 12.1. The molecule has 0 radical (unpaired) electrons. The van der Waals surface area contributed by atoms with Gasteiger partial charge in [-0.2, -0.15) is 0 Å². The Hall–Kier alpha value is -1.69. The van der Waals surface area contributed by atoms with E-state index in [9.17, 15) is 20.0 Å². The molecule has 0 aliphatic heterocycles. The Morgan fingerprint density at radius 1 is 1.56 bits per heavy atom. The Bertz CT molecular complexity index is 497. The third kappa shape index (κ3) is 1.29. The molecule has 6 heteroatoms. The molecular weight excluding hydrogens is 238 g/mol. The number of furan rings is 1. The van der Waals surface area contributed by atoms with Crippen LogP contribution in [0.1, 0.15) is 30.9 Å². The zero-order valence-corrected chi connectivity index (χ0v) is 9.61. The predicted molar refractivity (Wildman–Crippen MR) is 59.5 cm³/mol. The average Bonchev–Trinajstić information content (AvgIpc) is 2.85. The molecule has 1 aromatic heterocycles. The Morgan fingerprint density at radius 2 is 2.33 bits per heavy atom. The van der Waals surface area contributed by atoms with Crippen molar-refractivity contribution in [1.82, 2.24) is 0 Å². The van der Waals surface area contributed by atoms with Gasteiger partial charge >= 0.3 is 0 Å². The van der Waals surface area contributed by atoms with Crippen LogP contribution in [0.2, 0.25) is 0 Å². The summed E-state index contributed by atoms with van der Waals surface area (Å²) in [6.45, 7) is 0. The number of hydrogen-bond donors (Lipinski definition) is 1. The van der Waals surface area contributed by atoms with Crippen molar-refractivity contribution in [3.63, 3.8) is 0 Å². The highest BCUT2D eigenvalue weighted by Gasteiger charge is 2.68. The van der Waals surface area contributed by atoms with Crippen molar-refractivity contribution in [2.24, 2.45) is 5.92 Å². The van der Waals surface area contributed by atoms with Gasteiger partial charge in [-0.1, -0.05) is 0 Å². The smallest absolute Gasteiger partial charge is 0.258 e. The standard InChI is InChI=1S/C12H13NO5/c14-11-7-3-1-5-12(11,15)10(13(16)17)9(7)8-4-2-6-18-8/h2,4,6-7,9-10,15H,1,3,5H2/t7-,9+,10-,12-/m0/s1. The Balaban J connectivity index is 2.12. The van der Waals surface area contributed by atoms with Crippen LogP contribution < -0.4 is 0 Å². The average molecular weight is 251 g/mol. The zero-order valence-electron chi connectivity index (χ0n) is 9.61. The number of nitro groups is 1. The first kappa shape index (κ1) is 11.4. The molecule has 96 valence electrons. The minimum atomic E-state index is -1.82. The van der Waals surface area contributed by atoms with Crippen molar-refractivity contribution < 1.29 is 19.2 Å². The van der Waals surface area contributed by atoms with E-state index < -0.39 is 34.2 Å². The Labute approximate surface area is 103 Å². The number of carbonyl (C=O) groups excluding carboxylic acids is 1. The van der Waals surface area contributed by atoms with Crippen LogP contribution in [0, 0.1) is 16.0 Å². The van der Waals surface area contributed by atoms with Crippen molar-refractivity contribution in [1.29, 1.82) is 0 Å².